The summed E-state index contributed by atoms with van der Waals surface area (Å²) in [4.78, 5) is 31.2. The third-order valence-corrected chi connectivity index (χ3v) is 14.2. The molecule has 13 nitrogen and oxygen atoms in total. The van der Waals surface area contributed by atoms with Crippen LogP contribution >= 0.6 is 34.5 Å². The molecule has 3 heterocycles. The maximum Gasteiger partial charge on any atom is 0.326 e. The number of carboxylic acid groups (broad SMARTS) is 1. The zero-order valence-corrected chi connectivity index (χ0v) is 36.0. The van der Waals surface area contributed by atoms with Crippen LogP contribution in [0, 0.1) is 18.3 Å². The molecule has 1 aromatic heterocycles. The van der Waals surface area contributed by atoms with Gasteiger partial charge in [0.25, 0.3) is 10.0 Å². The molecular formula is C45H37Cl2N5O8S2. The van der Waals surface area contributed by atoms with Gasteiger partial charge in [0.05, 0.1) is 21.7 Å². The number of aryl methyl sites for hydroxylation is 1. The van der Waals surface area contributed by atoms with E-state index in [0.717, 1.165) is 37.9 Å². The van der Waals surface area contributed by atoms with Gasteiger partial charge in [0.15, 0.2) is 27.8 Å². The first-order valence-electron chi connectivity index (χ1n) is 19.2. The van der Waals surface area contributed by atoms with Gasteiger partial charge < -0.3 is 30.4 Å². The Labute approximate surface area is 371 Å². The molecule has 3 atom stereocenters. The number of nitrogens with one attached hydrogen (secondary N) is 1. The molecule has 0 saturated carbocycles. The number of halogens is 2. The number of benzene rings is 5. The largest absolute Gasteiger partial charge is 0.489 e. The van der Waals surface area contributed by atoms with Crippen LogP contribution in [0.3, 0.4) is 0 Å². The molecule has 0 spiro atoms. The minimum absolute atomic E-state index is 0.0485. The molecule has 4 N–H and O–H groups in total. The van der Waals surface area contributed by atoms with Crippen molar-refractivity contribution < 1.29 is 37.3 Å². The number of anilines is 1. The quantitative estimate of drug-likeness (QED) is 0.108. The molecule has 6 aromatic rings. The molecule has 5 aromatic carbocycles. The van der Waals surface area contributed by atoms with Crippen molar-refractivity contribution >= 4 is 61.6 Å². The third-order valence-electron chi connectivity index (χ3n) is 10.6. The smallest absolute Gasteiger partial charge is 0.326 e. The molecule has 2 aliphatic rings. The number of thiazole rings is 1. The molecule has 62 heavy (non-hydrogen) atoms. The fourth-order valence-corrected chi connectivity index (χ4v) is 10.4. The number of nitrogens with two attached hydrogens (primary N) is 1. The van der Waals surface area contributed by atoms with Gasteiger partial charge in [-0.2, -0.15) is 9.57 Å². The van der Waals surface area contributed by atoms with Crippen molar-refractivity contribution in [2.75, 3.05) is 12.3 Å². The van der Waals surface area contributed by atoms with Crippen LogP contribution in [0.25, 0.3) is 11.1 Å². The van der Waals surface area contributed by atoms with E-state index in [1.807, 2.05) is 54.6 Å². The molecule has 0 fully saturated rings. The Morgan fingerprint density at radius 1 is 0.968 bits per heavy atom. The van der Waals surface area contributed by atoms with Crippen LogP contribution in [0.2, 0.25) is 10.0 Å². The van der Waals surface area contributed by atoms with Gasteiger partial charge in [-0.05, 0) is 101 Å². The number of aliphatic carboxylic acids is 1. The standard InChI is InChI=1S/C45H37Cl2N5O8S2/c1-25-43(51-45(49)61-25)62(56,57)52-22-33-20-40-39(59-24-41(60-40)31-11-13-34(14-12-31)58-23-28-6-15-35(46)36(47)16-28)19-32(33)18-38(52)42(53)50-37(44(54)55)17-26-2-7-29(8-3-26)30-9-4-27(21-48)5-10-30/h2-16,19-20,37-38,41H,17-18,22-24H2,1H3,(H2,49,51)(H,50,53)(H,54,55). The fraction of sp³-hybridized carbons (Fsp3) is 0.200. The Hall–Kier alpha value is -6.15. The van der Waals surface area contributed by atoms with Crippen LogP contribution in [0.15, 0.2) is 108 Å². The highest BCUT2D eigenvalue weighted by molar-refractivity contribution is 7.89. The minimum Gasteiger partial charge on any atom is -0.489 e. The molecule has 1 amide bonds. The number of aromatic nitrogens is 1. The van der Waals surface area contributed by atoms with Crippen molar-refractivity contribution in [1.29, 1.82) is 5.26 Å². The van der Waals surface area contributed by atoms with Gasteiger partial charge in [-0.1, -0.05) is 77.8 Å². The van der Waals surface area contributed by atoms with E-state index in [2.05, 4.69) is 16.4 Å². The first-order valence-corrected chi connectivity index (χ1v) is 22.3. The number of fused-ring (bicyclic) bond motifs is 2. The topological polar surface area (TPSA) is 194 Å². The second-order valence-corrected chi connectivity index (χ2v) is 18.6. The van der Waals surface area contributed by atoms with Crippen molar-refractivity contribution in [2.45, 2.75) is 56.1 Å². The Kier molecular flexibility index (Phi) is 12.1. The molecule has 3 unspecified atom stereocenters. The van der Waals surface area contributed by atoms with Crippen LogP contribution < -0.4 is 25.3 Å². The number of nitriles is 1. The summed E-state index contributed by atoms with van der Waals surface area (Å²) in [5.74, 6) is -0.630. The van der Waals surface area contributed by atoms with Crippen molar-refractivity contribution in [1.82, 2.24) is 14.6 Å². The number of nitrogens with zero attached hydrogens (tertiary/aromatic N) is 3. The van der Waals surface area contributed by atoms with Gasteiger partial charge in [-0.25, -0.2) is 18.2 Å². The summed E-state index contributed by atoms with van der Waals surface area (Å²) in [6, 6.07) is 29.8. The van der Waals surface area contributed by atoms with Gasteiger partial charge in [-0.15, -0.1) is 11.3 Å². The molecular weight excluding hydrogens is 874 g/mol. The zero-order valence-electron chi connectivity index (χ0n) is 32.9. The van der Waals surface area contributed by atoms with Gasteiger partial charge >= 0.3 is 5.97 Å². The number of ether oxygens (including phenoxy) is 3. The van der Waals surface area contributed by atoms with E-state index in [1.54, 1.807) is 55.5 Å². The SMILES string of the molecule is Cc1sc(N)nc1S(=O)(=O)N1Cc2cc3c(cc2CC1C(=O)NC(Cc1ccc(-c2ccc(C#N)cc2)cc1)C(=O)O)OCC(c1ccc(OCc2ccc(Cl)c(Cl)c2)cc1)O3. The average Bonchev–Trinajstić information content (AvgIpc) is 3.63. The number of carboxylic acids is 1. The van der Waals surface area contributed by atoms with E-state index in [1.165, 1.54) is 0 Å². The maximum atomic E-state index is 14.4. The summed E-state index contributed by atoms with van der Waals surface area (Å²) in [6.45, 7) is 1.81. The van der Waals surface area contributed by atoms with E-state index in [4.69, 9.17) is 48.4 Å². The summed E-state index contributed by atoms with van der Waals surface area (Å²) >= 11 is 13.2. The number of sulfonamides is 1. The Morgan fingerprint density at radius 3 is 2.29 bits per heavy atom. The van der Waals surface area contributed by atoms with Crippen molar-refractivity contribution in [3.63, 3.8) is 0 Å². The second-order valence-electron chi connectivity index (χ2n) is 14.8. The van der Waals surface area contributed by atoms with E-state index in [-0.39, 0.29) is 36.2 Å². The second kappa shape index (κ2) is 17.7. The van der Waals surface area contributed by atoms with Crippen LogP contribution in [-0.4, -0.2) is 53.4 Å². The predicted octanol–water partition coefficient (Wildman–Crippen LogP) is 7.90. The van der Waals surface area contributed by atoms with Crippen LogP contribution in [0.5, 0.6) is 17.2 Å². The first kappa shape index (κ1) is 42.5. The van der Waals surface area contributed by atoms with Gasteiger partial charge in [0.1, 0.15) is 31.0 Å². The Bertz CT molecular complexity index is 2830. The lowest BCUT2D eigenvalue weighted by Gasteiger charge is -2.36. The highest BCUT2D eigenvalue weighted by atomic mass is 35.5. The average molecular weight is 911 g/mol. The number of carbonyl (C=O) groups excluding carboxylic acids is 1. The summed E-state index contributed by atoms with van der Waals surface area (Å²) in [7, 11) is -4.43. The number of nitrogen functional groups attached to an aromatic ring is 1. The van der Waals surface area contributed by atoms with E-state index in [9.17, 15) is 23.1 Å². The Morgan fingerprint density at radius 2 is 1.65 bits per heavy atom. The Balaban J connectivity index is 1.01. The lowest BCUT2D eigenvalue weighted by atomic mass is 9.94. The molecule has 316 valence electrons. The summed E-state index contributed by atoms with van der Waals surface area (Å²) in [5, 5.41) is 22.7. The van der Waals surface area contributed by atoms with Gasteiger partial charge in [0.2, 0.25) is 5.91 Å². The first-order chi connectivity index (χ1) is 29.7. The van der Waals surface area contributed by atoms with Crippen LogP contribution in [0.1, 0.15) is 44.4 Å². The lowest BCUT2D eigenvalue weighted by molar-refractivity contribution is -0.142. The monoisotopic (exact) mass is 909 g/mol. The fourth-order valence-electron chi connectivity index (χ4n) is 7.37. The number of hydrogen-bond acceptors (Lipinski definition) is 11. The number of rotatable bonds is 12. The molecule has 17 heteroatoms. The highest BCUT2D eigenvalue weighted by Crippen LogP contribution is 2.42. The van der Waals surface area contributed by atoms with Crippen molar-refractivity contribution in [3.05, 3.63) is 151 Å². The number of carbonyl (C=O) groups is 2. The third kappa shape index (κ3) is 9.06. The molecule has 0 bridgehead atoms. The van der Waals surface area contributed by atoms with E-state index in [0.29, 0.717) is 61.0 Å². The minimum atomic E-state index is -4.43. The highest BCUT2D eigenvalue weighted by Gasteiger charge is 2.43. The zero-order chi connectivity index (χ0) is 43.7. The van der Waals surface area contributed by atoms with E-state index >= 15 is 0 Å². The summed E-state index contributed by atoms with van der Waals surface area (Å²) in [6.07, 6.45) is -0.651. The lowest BCUT2D eigenvalue weighted by Crippen LogP contribution is -2.55. The number of hydrogen-bond donors (Lipinski definition) is 3. The van der Waals surface area contributed by atoms with Crippen molar-refractivity contribution in [2.24, 2.45) is 0 Å². The molecule has 2 aliphatic heterocycles. The molecule has 0 aliphatic carbocycles. The van der Waals surface area contributed by atoms with Crippen LogP contribution in [-0.2, 0) is 45.6 Å². The molecule has 8 rings (SSSR count). The normalized spacial score (nSPS) is 16.4. The van der Waals surface area contributed by atoms with Crippen LogP contribution in [0.4, 0.5) is 5.13 Å². The predicted molar refractivity (Wildman–Crippen MR) is 234 cm³/mol. The molecule has 0 radical (unpaired) electrons. The van der Waals surface area contributed by atoms with Gasteiger partial charge in [-0.3, -0.25) is 4.79 Å². The maximum absolute atomic E-state index is 14.4. The summed E-state index contributed by atoms with van der Waals surface area (Å²) in [5.41, 5.74) is 11.7. The van der Waals surface area contributed by atoms with E-state index < -0.39 is 40.1 Å². The van der Waals surface area contributed by atoms with Gasteiger partial charge in [0, 0.05) is 17.8 Å². The summed E-state index contributed by atoms with van der Waals surface area (Å²) < 4.78 is 48.3. The number of amides is 1. The molecule has 0 saturated heterocycles. The van der Waals surface area contributed by atoms with Crippen molar-refractivity contribution in [3.8, 4) is 34.4 Å².